The quantitative estimate of drug-likeness (QED) is 0.730. The van der Waals surface area contributed by atoms with Crippen LogP contribution < -0.4 is 10.6 Å². The molecule has 6 heteroatoms. The summed E-state index contributed by atoms with van der Waals surface area (Å²) in [5.74, 6) is 0.0883. The summed E-state index contributed by atoms with van der Waals surface area (Å²) >= 11 is 1.45. The number of thioether (sulfide) groups is 1. The summed E-state index contributed by atoms with van der Waals surface area (Å²) in [6, 6.07) is 5.16. The van der Waals surface area contributed by atoms with E-state index in [-0.39, 0.29) is 25.0 Å². The number of carbonyl (C=O) groups is 2. The molecule has 0 saturated carbocycles. The van der Waals surface area contributed by atoms with Gasteiger partial charge in [-0.05, 0) is 18.2 Å². The highest BCUT2D eigenvalue weighted by Gasteiger charge is 2.16. The molecule has 1 aliphatic heterocycles. The third kappa shape index (κ3) is 2.78. The number of benzene rings is 1. The average Bonchev–Trinajstić information content (AvgIpc) is 2.35. The molecule has 0 bridgehead atoms. The second-order valence-corrected chi connectivity index (χ2v) is 4.54. The average molecular weight is 252 g/mol. The first-order chi connectivity index (χ1) is 8.20. The molecule has 0 aliphatic carbocycles. The van der Waals surface area contributed by atoms with Crippen LogP contribution in [0.2, 0.25) is 0 Å². The summed E-state index contributed by atoms with van der Waals surface area (Å²) in [5.41, 5.74) is 1.14. The predicted molar refractivity (Wildman–Crippen MR) is 65.2 cm³/mol. The van der Waals surface area contributed by atoms with Crippen molar-refractivity contribution in [1.82, 2.24) is 5.32 Å². The number of aliphatic hydroxyl groups excluding tert-OH is 1. The molecule has 2 amide bonds. The Labute approximate surface area is 103 Å². The molecule has 2 rings (SSSR count). The Morgan fingerprint density at radius 1 is 1.53 bits per heavy atom. The molecule has 0 atom stereocenters. The molecular weight excluding hydrogens is 240 g/mol. The van der Waals surface area contributed by atoms with Gasteiger partial charge >= 0.3 is 0 Å². The number of rotatable bonds is 3. The van der Waals surface area contributed by atoms with Crippen molar-refractivity contribution >= 4 is 29.3 Å². The van der Waals surface area contributed by atoms with E-state index >= 15 is 0 Å². The number of amides is 2. The predicted octanol–water partition coefficient (Wildman–Crippen LogP) is 0.453. The molecule has 1 aromatic carbocycles. The van der Waals surface area contributed by atoms with E-state index < -0.39 is 0 Å². The largest absolute Gasteiger partial charge is 0.395 e. The van der Waals surface area contributed by atoms with Crippen LogP contribution in [0.3, 0.4) is 0 Å². The molecule has 1 aliphatic rings. The lowest BCUT2D eigenvalue weighted by atomic mass is 10.2. The van der Waals surface area contributed by atoms with Gasteiger partial charge in [0.05, 0.1) is 18.0 Å². The molecule has 0 saturated heterocycles. The van der Waals surface area contributed by atoms with Crippen molar-refractivity contribution in [3.8, 4) is 0 Å². The molecule has 0 radical (unpaired) electrons. The number of hydrogen-bond donors (Lipinski definition) is 3. The molecule has 0 aromatic heterocycles. The summed E-state index contributed by atoms with van der Waals surface area (Å²) in [6.07, 6.45) is 0. The fraction of sp³-hybridized carbons (Fsp3) is 0.273. The van der Waals surface area contributed by atoms with Crippen LogP contribution in [0.4, 0.5) is 5.69 Å². The number of fused-ring (bicyclic) bond motifs is 1. The number of carbonyl (C=O) groups excluding carboxylic acids is 2. The molecule has 0 spiro atoms. The van der Waals surface area contributed by atoms with Gasteiger partial charge in [-0.1, -0.05) is 0 Å². The lowest BCUT2D eigenvalue weighted by Crippen LogP contribution is -2.27. The number of hydrogen-bond acceptors (Lipinski definition) is 4. The Bertz CT molecular complexity index is 462. The third-order valence-electron chi connectivity index (χ3n) is 2.27. The summed E-state index contributed by atoms with van der Waals surface area (Å²) in [6.45, 7) is 0.125. The van der Waals surface area contributed by atoms with Crippen LogP contribution in [-0.4, -0.2) is 35.8 Å². The van der Waals surface area contributed by atoms with Gasteiger partial charge < -0.3 is 15.7 Å². The molecule has 17 heavy (non-hydrogen) atoms. The molecule has 3 N–H and O–H groups in total. The van der Waals surface area contributed by atoms with Gasteiger partial charge in [0.25, 0.3) is 5.91 Å². The molecule has 1 heterocycles. The topological polar surface area (TPSA) is 78.4 Å². The Hall–Kier alpha value is -1.53. The van der Waals surface area contributed by atoms with Gasteiger partial charge in [0.1, 0.15) is 0 Å². The molecule has 5 nitrogen and oxygen atoms in total. The van der Waals surface area contributed by atoms with Crippen LogP contribution in [0.1, 0.15) is 10.4 Å². The summed E-state index contributed by atoms with van der Waals surface area (Å²) in [5, 5.41) is 13.9. The normalized spacial score (nSPS) is 13.8. The zero-order chi connectivity index (χ0) is 12.3. The monoisotopic (exact) mass is 252 g/mol. The smallest absolute Gasteiger partial charge is 0.251 e. The Kier molecular flexibility index (Phi) is 3.65. The van der Waals surface area contributed by atoms with Crippen molar-refractivity contribution in [2.45, 2.75) is 4.90 Å². The lowest BCUT2D eigenvalue weighted by Gasteiger charge is -2.16. The minimum absolute atomic E-state index is 0.0598. The van der Waals surface area contributed by atoms with Crippen LogP contribution in [0.5, 0.6) is 0 Å². The first-order valence-corrected chi connectivity index (χ1v) is 6.15. The van der Waals surface area contributed by atoms with Crippen LogP contribution in [-0.2, 0) is 4.79 Å². The van der Waals surface area contributed by atoms with Gasteiger partial charge in [0.2, 0.25) is 5.91 Å². The zero-order valence-corrected chi connectivity index (χ0v) is 9.84. The minimum atomic E-state index is -0.258. The van der Waals surface area contributed by atoms with E-state index in [0.717, 1.165) is 4.90 Å². The Morgan fingerprint density at radius 3 is 3.12 bits per heavy atom. The van der Waals surface area contributed by atoms with Crippen molar-refractivity contribution < 1.29 is 14.7 Å². The first kappa shape index (κ1) is 11.9. The fourth-order valence-corrected chi connectivity index (χ4v) is 2.28. The standard InChI is InChI=1S/C11H12N2O3S/c14-4-3-12-11(16)7-1-2-9-8(5-7)13-10(15)6-17-9/h1-2,5,14H,3-4,6H2,(H,12,16)(H,13,15). The fourth-order valence-electron chi connectivity index (χ4n) is 1.50. The van der Waals surface area contributed by atoms with Gasteiger partial charge in [-0.2, -0.15) is 0 Å². The highest BCUT2D eigenvalue weighted by Crippen LogP contribution is 2.31. The van der Waals surface area contributed by atoms with Crippen molar-refractivity contribution in [2.24, 2.45) is 0 Å². The van der Waals surface area contributed by atoms with Gasteiger partial charge in [0, 0.05) is 17.0 Å². The van der Waals surface area contributed by atoms with Crippen LogP contribution in [0.15, 0.2) is 23.1 Å². The number of nitrogens with one attached hydrogen (secondary N) is 2. The SMILES string of the molecule is O=C1CSc2ccc(C(=O)NCCO)cc2N1. The van der Waals surface area contributed by atoms with Gasteiger partial charge in [-0.25, -0.2) is 0 Å². The van der Waals surface area contributed by atoms with E-state index in [1.807, 2.05) is 6.07 Å². The van der Waals surface area contributed by atoms with E-state index in [2.05, 4.69) is 10.6 Å². The first-order valence-electron chi connectivity index (χ1n) is 5.16. The molecule has 90 valence electrons. The van der Waals surface area contributed by atoms with E-state index in [9.17, 15) is 9.59 Å². The lowest BCUT2D eigenvalue weighted by molar-refractivity contribution is -0.113. The second kappa shape index (κ2) is 5.20. The molecular formula is C11H12N2O3S. The minimum Gasteiger partial charge on any atom is -0.395 e. The van der Waals surface area contributed by atoms with E-state index in [1.54, 1.807) is 12.1 Å². The van der Waals surface area contributed by atoms with Gasteiger partial charge in [-0.15, -0.1) is 11.8 Å². The summed E-state index contributed by atoms with van der Waals surface area (Å²) < 4.78 is 0. The summed E-state index contributed by atoms with van der Waals surface area (Å²) in [4.78, 5) is 23.8. The van der Waals surface area contributed by atoms with Crippen molar-refractivity contribution in [1.29, 1.82) is 0 Å². The maximum absolute atomic E-state index is 11.6. The van der Waals surface area contributed by atoms with Gasteiger partial charge in [-0.3, -0.25) is 9.59 Å². The maximum Gasteiger partial charge on any atom is 0.251 e. The van der Waals surface area contributed by atoms with Gasteiger partial charge in [0.15, 0.2) is 0 Å². The number of aliphatic hydroxyl groups is 1. The van der Waals surface area contributed by atoms with Crippen LogP contribution >= 0.6 is 11.8 Å². The summed E-state index contributed by atoms with van der Waals surface area (Å²) in [7, 11) is 0. The van der Waals surface area contributed by atoms with Crippen LogP contribution in [0.25, 0.3) is 0 Å². The highest BCUT2D eigenvalue weighted by atomic mass is 32.2. The highest BCUT2D eigenvalue weighted by molar-refractivity contribution is 8.00. The van der Waals surface area contributed by atoms with E-state index in [4.69, 9.17) is 5.11 Å². The molecule has 0 unspecified atom stereocenters. The second-order valence-electron chi connectivity index (χ2n) is 3.53. The van der Waals surface area contributed by atoms with E-state index in [0.29, 0.717) is 17.0 Å². The number of anilines is 1. The van der Waals surface area contributed by atoms with E-state index in [1.165, 1.54) is 11.8 Å². The Balaban J connectivity index is 2.18. The zero-order valence-electron chi connectivity index (χ0n) is 9.03. The van der Waals surface area contributed by atoms with Crippen LogP contribution in [0, 0.1) is 0 Å². The maximum atomic E-state index is 11.6. The van der Waals surface area contributed by atoms with Crippen molar-refractivity contribution in [3.63, 3.8) is 0 Å². The van der Waals surface area contributed by atoms with Crippen molar-refractivity contribution in [2.75, 3.05) is 24.2 Å². The Morgan fingerprint density at radius 2 is 2.35 bits per heavy atom. The van der Waals surface area contributed by atoms with Crippen molar-refractivity contribution in [3.05, 3.63) is 23.8 Å². The molecule has 1 aromatic rings. The molecule has 0 fully saturated rings. The third-order valence-corrected chi connectivity index (χ3v) is 3.35.